The van der Waals surface area contributed by atoms with Crippen molar-refractivity contribution in [1.29, 1.82) is 0 Å². The third-order valence-corrected chi connectivity index (χ3v) is 2.05. The fraction of sp³-hybridized carbons (Fsp3) is 0.188. The number of hydrogen-bond acceptors (Lipinski definition) is 4. The molecular weight excluding hydrogens is 256 g/mol. The number of esters is 1. The average molecular weight is 268 g/mol. The molecule has 20 heavy (non-hydrogen) atoms. The van der Waals surface area contributed by atoms with Crippen LogP contribution in [0.25, 0.3) is 0 Å². The van der Waals surface area contributed by atoms with Crippen LogP contribution < -0.4 is 9.47 Å². The highest BCUT2D eigenvalue weighted by molar-refractivity contribution is 5.90. The summed E-state index contributed by atoms with van der Waals surface area (Å²) in [6, 6.07) is 4.55. The molecule has 0 amide bonds. The Balaban J connectivity index is 2.97. The lowest BCUT2D eigenvalue weighted by atomic mass is 10.2. The van der Waals surface area contributed by atoms with Crippen molar-refractivity contribution in [3.05, 3.63) is 23.8 Å². The highest BCUT2D eigenvalue weighted by atomic mass is 16.5. The summed E-state index contributed by atoms with van der Waals surface area (Å²) in [5.41, 5.74) is 0.238. The first-order valence-corrected chi connectivity index (χ1v) is 5.59. The van der Waals surface area contributed by atoms with Gasteiger partial charge >= 0.3 is 5.97 Å². The van der Waals surface area contributed by atoms with Crippen LogP contribution in [0.2, 0.25) is 0 Å². The summed E-state index contributed by atoms with van der Waals surface area (Å²) in [6.45, 7) is 0.0176. The predicted molar refractivity (Wildman–Crippen MR) is 74.2 cm³/mol. The zero-order valence-electron chi connectivity index (χ0n) is 10.7. The highest BCUT2D eigenvalue weighted by Crippen LogP contribution is 2.23. The molecule has 1 aromatic carbocycles. The van der Waals surface area contributed by atoms with E-state index in [-0.39, 0.29) is 25.4 Å². The molecule has 0 radical (unpaired) electrons. The normalized spacial score (nSPS) is 8.65. The topological polar surface area (TPSA) is 44.8 Å². The lowest BCUT2D eigenvalue weighted by molar-refractivity contribution is 0.0556. The van der Waals surface area contributed by atoms with Crippen LogP contribution in [-0.2, 0) is 4.74 Å². The Hall–Kier alpha value is -3.03. The Bertz CT molecular complexity index is 560. The number of benzene rings is 1. The van der Waals surface area contributed by atoms with Crippen molar-refractivity contribution in [2.24, 2.45) is 0 Å². The number of carbonyl (C=O) groups is 1. The Morgan fingerprint density at radius 1 is 0.900 bits per heavy atom. The molecule has 0 N–H and O–H groups in total. The number of terminal acetylenes is 3. The molecule has 0 aromatic heterocycles. The molecule has 100 valence electrons. The quantitative estimate of drug-likeness (QED) is 0.579. The van der Waals surface area contributed by atoms with Gasteiger partial charge in [-0.25, -0.2) is 4.79 Å². The van der Waals surface area contributed by atoms with E-state index in [1.807, 2.05) is 0 Å². The first-order valence-electron chi connectivity index (χ1n) is 5.59. The zero-order valence-corrected chi connectivity index (χ0v) is 10.7. The summed E-state index contributed by atoms with van der Waals surface area (Å²) in [5, 5.41) is 0. The fourth-order valence-corrected chi connectivity index (χ4v) is 1.30. The molecular formula is C16H12O4. The van der Waals surface area contributed by atoms with Crippen LogP contribution >= 0.6 is 0 Å². The van der Waals surface area contributed by atoms with Crippen molar-refractivity contribution in [1.82, 2.24) is 0 Å². The van der Waals surface area contributed by atoms with Gasteiger partial charge in [0.1, 0.15) is 24.7 Å². The molecule has 0 atom stereocenters. The largest absolute Gasteiger partial charge is 0.481 e. The van der Waals surface area contributed by atoms with Gasteiger partial charge in [-0.15, -0.1) is 19.3 Å². The SMILES string of the molecule is C#CCOC(=O)c1cc(OCC#C)cc(OCC#C)c1. The van der Waals surface area contributed by atoms with Gasteiger partial charge in [0.15, 0.2) is 6.61 Å². The van der Waals surface area contributed by atoms with Crippen LogP contribution in [-0.4, -0.2) is 25.8 Å². The van der Waals surface area contributed by atoms with E-state index in [0.29, 0.717) is 11.5 Å². The molecule has 4 heteroatoms. The lowest BCUT2D eigenvalue weighted by Gasteiger charge is -2.09. The summed E-state index contributed by atoms with van der Waals surface area (Å²) in [6.07, 6.45) is 15.2. The number of ether oxygens (including phenoxy) is 3. The smallest absolute Gasteiger partial charge is 0.339 e. The third-order valence-electron chi connectivity index (χ3n) is 2.05. The van der Waals surface area contributed by atoms with Crippen molar-refractivity contribution in [3.8, 4) is 48.5 Å². The van der Waals surface area contributed by atoms with E-state index in [9.17, 15) is 4.79 Å². The van der Waals surface area contributed by atoms with E-state index >= 15 is 0 Å². The maximum absolute atomic E-state index is 11.7. The van der Waals surface area contributed by atoms with Crippen molar-refractivity contribution in [3.63, 3.8) is 0 Å². The van der Waals surface area contributed by atoms with E-state index in [0.717, 1.165) is 0 Å². The van der Waals surface area contributed by atoms with E-state index in [4.69, 9.17) is 33.5 Å². The summed E-state index contributed by atoms with van der Waals surface area (Å²) in [5.74, 6) is 7.03. The monoisotopic (exact) mass is 268 g/mol. The molecule has 1 aromatic rings. The first-order chi connectivity index (χ1) is 9.71. The summed E-state index contributed by atoms with van der Waals surface area (Å²) in [7, 11) is 0. The molecule has 0 unspecified atom stereocenters. The van der Waals surface area contributed by atoms with E-state index in [2.05, 4.69) is 17.8 Å². The second kappa shape index (κ2) is 8.14. The summed E-state index contributed by atoms with van der Waals surface area (Å²) in [4.78, 5) is 11.7. The van der Waals surface area contributed by atoms with Gasteiger partial charge < -0.3 is 14.2 Å². The summed E-state index contributed by atoms with van der Waals surface area (Å²) >= 11 is 0. The van der Waals surface area contributed by atoms with Gasteiger partial charge in [0.05, 0.1) is 5.56 Å². The molecule has 0 aliphatic heterocycles. The Morgan fingerprint density at radius 2 is 1.40 bits per heavy atom. The van der Waals surface area contributed by atoms with Crippen LogP contribution in [0.5, 0.6) is 11.5 Å². The molecule has 0 heterocycles. The molecule has 0 spiro atoms. The molecule has 0 fully saturated rings. The molecule has 4 nitrogen and oxygen atoms in total. The van der Waals surface area contributed by atoms with Gasteiger partial charge in [0.25, 0.3) is 0 Å². The Kier molecular flexibility index (Phi) is 6.12. The lowest BCUT2D eigenvalue weighted by Crippen LogP contribution is -2.07. The van der Waals surface area contributed by atoms with Crippen molar-refractivity contribution >= 4 is 5.97 Å². The van der Waals surface area contributed by atoms with Crippen molar-refractivity contribution in [2.75, 3.05) is 19.8 Å². The minimum atomic E-state index is -0.584. The average Bonchev–Trinajstić information content (AvgIpc) is 2.48. The zero-order chi connectivity index (χ0) is 14.8. The molecule has 0 saturated heterocycles. The van der Waals surface area contributed by atoms with E-state index in [1.165, 1.54) is 12.1 Å². The predicted octanol–water partition coefficient (Wildman–Crippen LogP) is 1.50. The molecule has 0 aliphatic carbocycles. The number of carbonyl (C=O) groups excluding carboxylic acids is 1. The minimum absolute atomic E-state index is 0.0669. The van der Waals surface area contributed by atoms with Crippen LogP contribution in [0.3, 0.4) is 0 Å². The molecule has 1 rings (SSSR count). The van der Waals surface area contributed by atoms with E-state index < -0.39 is 5.97 Å². The van der Waals surface area contributed by atoms with Gasteiger partial charge in [-0.05, 0) is 12.1 Å². The maximum atomic E-state index is 11.7. The van der Waals surface area contributed by atoms with Crippen LogP contribution in [0.4, 0.5) is 0 Å². The third kappa shape index (κ3) is 4.69. The van der Waals surface area contributed by atoms with Crippen molar-refractivity contribution < 1.29 is 19.0 Å². The van der Waals surface area contributed by atoms with Crippen LogP contribution in [0.15, 0.2) is 18.2 Å². The first kappa shape index (κ1) is 15.0. The van der Waals surface area contributed by atoms with Gasteiger partial charge in [-0.3, -0.25) is 0 Å². The second-order valence-corrected chi connectivity index (χ2v) is 3.46. The number of rotatable bonds is 6. The van der Waals surface area contributed by atoms with Gasteiger partial charge in [-0.2, -0.15) is 0 Å². The van der Waals surface area contributed by atoms with Crippen molar-refractivity contribution in [2.45, 2.75) is 0 Å². The minimum Gasteiger partial charge on any atom is -0.481 e. The van der Waals surface area contributed by atoms with Gasteiger partial charge in [0, 0.05) is 6.07 Å². The Morgan fingerprint density at radius 3 is 1.85 bits per heavy atom. The van der Waals surface area contributed by atoms with Crippen LogP contribution in [0, 0.1) is 37.0 Å². The highest BCUT2D eigenvalue weighted by Gasteiger charge is 2.11. The fourth-order valence-electron chi connectivity index (χ4n) is 1.30. The maximum Gasteiger partial charge on any atom is 0.339 e. The Labute approximate surface area is 118 Å². The summed E-state index contributed by atoms with van der Waals surface area (Å²) < 4.78 is 15.3. The standard InChI is InChI=1S/C16H12O4/c1-4-7-18-14-10-13(16(17)20-9-6-3)11-15(12-14)19-8-5-2/h1-3,10-12H,7-9H2. The second-order valence-electron chi connectivity index (χ2n) is 3.46. The molecule has 0 aliphatic rings. The van der Waals surface area contributed by atoms with E-state index in [1.54, 1.807) is 6.07 Å². The van der Waals surface area contributed by atoms with Gasteiger partial charge in [-0.1, -0.05) is 17.8 Å². The van der Waals surface area contributed by atoms with Crippen LogP contribution in [0.1, 0.15) is 10.4 Å². The van der Waals surface area contributed by atoms with Gasteiger partial charge in [0.2, 0.25) is 0 Å². The molecule has 0 saturated carbocycles. The number of hydrogen-bond donors (Lipinski definition) is 0. The molecule has 0 bridgehead atoms.